The number of amides is 2. The zero-order chi connectivity index (χ0) is 34.4. The second kappa shape index (κ2) is 14.9. The molecular formula is C35H44F5N3O3. The third-order valence-electron chi connectivity index (χ3n) is 8.55. The van der Waals surface area contributed by atoms with Gasteiger partial charge in [-0.25, -0.2) is 8.78 Å². The van der Waals surface area contributed by atoms with Crippen molar-refractivity contribution in [1.82, 2.24) is 10.2 Å². The van der Waals surface area contributed by atoms with Gasteiger partial charge in [0.1, 0.15) is 11.6 Å². The molecule has 1 aliphatic rings. The Morgan fingerprint density at radius 2 is 1.61 bits per heavy atom. The number of alkyl halides is 3. The molecule has 0 saturated heterocycles. The van der Waals surface area contributed by atoms with Crippen LogP contribution >= 0.6 is 0 Å². The van der Waals surface area contributed by atoms with Gasteiger partial charge in [-0.1, -0.05) is 43.7 Å². The lowest BCUT2D eigenvalue weighted by molar-refractivity contribution is -0.137. The third-order valence-corrected chi connectivity index (χ3v) is 8.55. The normalized spacial score (nSPS) is 18.4. The van der Waals surface area contributed by atoms with E-state index in [-0.39, 0.29) is 30.9 Å². The number of allylic oxidation sites excluding steroid dienone is 2. The van der Waals surface area contributed by atoms with Crippen LogP contribution in [0.1, 0.15) is 70.6 Å². The largest absolute Gasteiger partial charge is 0.416 e. The number of nitrogens with one attached hydrogen (secondary N) is 1. The van der Waals surface area contributed by atoms with Crippen molar-refractivity contribution in [1.29, 1.82) is 0 Å². The molecule has 1 aliphatic carbocycles. The average Bonchev–Trinajstić information content (AvgIpc) is 2.97. The Morgan fingerprint density at radius 3 is 2.15 bits per heavy atom. The van der Waals surface area contributed by atoms with Crippen molar-refractivity contribution >= 4 is 11.8 Å². The number of halogens is 5. The van der Waals surface area contributed by atoms with Crippen LogP contribution in [-0.4, -0.2) is 47.6 Å². The van der Waals surface area contributed by atoms with E-state index in [1.165, 1.54) is 12.1 Å². The van der Waals surface area contributed by atoms with E-state index in [1.54, 1.807) is 37.8 Å². The molecule has 3 rings (SSSR count). The van der Waals surface area contributed by atoms with E-state index in [1.807, 2.05) is 13.8 Å². The molecule has 0 saturated carbocycles. The number of hydrogen-bond acceptors (Lipinski definition) is 4. The van der Waals surface area contributed by atoms with Gasteiger partial charge in [0.15, 0.2) is 0 Å². The third kappa shape index (κ3) is 8.82. The Labute approximate surface area is 267 Å². The highest BCUT2D eigenvalue weighted by molar-refractivity contribution is 5.97. The van der Waals surface area contributed by atoms with Crippen molar-refractivity contribution in [2.75, 3.05) is 19.6 Å². The molecule has 0 fully saturated rings. The Morgan fingerprint density at radius 1 is 1.02 bits per heavy atom. The van der Waals surface area contributed by atoms with Crippen LogP contribution in [0.3, 0.4) is 0 Å². The molecule has 0 heterocycles. The van der Waals surface area contributed by atoms with Crippen LogP contribution in [0.2, 0.25) is 0 Å². The monoisotopic (exact) mass is 649 g/mol. The Kier molecular flexibility index (Phi) is 11.9. The van der Waals surface area contributed by atoms with Gasteiger partial charge in [0.2, 0.25) is 11.8 Å². The number of carbonyl (C=O) groups excluding carboxylic acids is 2. The number of aliphatic hydroxyl groups excluding tert-OH is 1. The van der Waals surface area contributed by atoms with E-state index in [4.69, 9.17) is 5.73 Å². The summed E-state index contributed by atoms with van der Waals surface area (Å²) in [6.07, 6.45) is -1.59. The zero-order valence-electron chi connectivity index (χ0n) is 27.0. The van der Waals surface area contributed by atoms with Gasteiger partial charge < -0.3 is 21.1 Å². The van der Waals surface area contributed by atoms with E-state index in [9.17, 15) is 36.6 Å². The second-order valence-electron chi connectivity index (χ2n) is 12.7. The lowest BCUT2D eigenvalue weighted by Gasteiger charge is -2.42. The summed E-state index contributed by atoms with van der Waals surface area (Å²) in [7, 11) is 0. The molecule has 0 aromatic heterocycles. The first-order valence-electron chi connectivity index (χ1n) is 15.5. The quantitative estimate of drug-likeness (QED) is 0.206. The molecule has 1 unspecified atom stereocenters. The fourth-order valence-corrected chi connectivity index (χ4v) is 6.25. The predicted octanol–water partition coefficient (Wildman–Crippen LogP) is 6.42. The minimum atomic E-state index is -4.55. The average molecular weight is 650 g/mol. The molecule has 6 nitrogen and oxygen atoms in total. The molecule has 2 aromatic rings. The number of aliphatic hydroxyl groups is 1. The van der Waals surface area contributed by atoms with Crippen molar-refractivity contribution in [3.8, 4) is 0 Å². The first-order chi connectivity index (χ1) is 21.4. The molecule has 0 bridgehead atoms. The first kappa shape index (κ1) is 36.9. The molecule has 2 aromatic carbocycles. The highest BCUT2D eigenvalue weighted by Gasteiger charge is 2.49. The number of rotatable bonds is 14. The summed E-state index contributed by atoms with van der Waals surface area (Å²) in [5.74, 6) is -3.88. The minimum absolute atomic E-state index is 0.154. The number of carbonyl (C=O) groups is 2. The molecule has 0 aliphatic heterocycles. The standard InChI is InChI=1S/C35H44F5N3O3/c1-6-11-43(12-7-2)31(45)24-13-22(3)19-34(20-24,32(41)46)29(16-23-14-27(36)18-28(37)15-23)30(44)21-42-33(4,5)25-9-8-10-26(17-25)35(38,39)40/h8-10,13-15,17-19,29-30,42,44H,6-7,11-12,16,20-21H2,1-5H3,(H2,41,46)/t29-,30+,34?/m1/s1. The predicted molar refractivity (Wildman–Crippen MR) is 167 cm³/mol. The molecule has 3 atom stereocenters. The van der Waals surface area contributed by atoms with E-state index in [0.29, 0.717) is 48.7 Å². The van der Waals surface area contributed by atoms with Crippen LogP contribution in [0, 0.1) is 23.0 Å². The van der Waals surface area contributed by atoms with E-state index >= 15 is 0 Å². The highest BCUT2D eigenvalue weighted by Crippen LogP contribution is 2.45. The van der Waals surface area contributed by atoms with Crippen molar-refractivity contribution in [3.63, 3.8) is 0 Å². The highest BCUT2D eigenvalue weighted by atomic mass is 19.4. The lowest BCUT2D eigenvalue weighted by Crippen LogP contribution is -2.53. The topological polar surface area (TPSA) is 95.7 Å². The number of nitrogens with two attached hydrogens (primary N) is 1. The van der Waals surface area contributed by atoms with Crippen LogP contribution in [-0.2, 0) is 27.7 Å². The maximum absolute atomic E-state index is 14.3. The van der Waals surface area contributed by atoms with Crippen LogP contribution in [0.25, 0.3) is 0 Å². The minimum Gasteiger partial charge on any atom is -0.391 e. The molecule has 2 amide bonds. The smallest absolute Gasteiger partial charge is 0.391 e. The number of hydrogen-bond donors (Lipinski definition) is 3. The van der Waals surface area contributed by atoms with Crippen LogP contribution in [0.4, 0.5) is 22.0 Å². The Bertz CT molecular complexity index is 1440. The van der Waals surface area contributed by atoms with Crippen molar-refractivity contribution in [2.24, 2.45) is 17.1 Å². The van der Waals surface area contributed by atoms with Gasteiger partial charge in [-0.3, -0.25) is 9.59 Å². The summed E-state index contributed by atoms with van der Waals surface area (Å²) in [5, 5.41) is 14.9. The van der Waals surface area contributed by atoms with Crippen LogP contribution in [0.15, 0.2) is 65.8 Å². The van der Waals surface area contributed by atoms with Gasteiger partial charge >= 0.3 is 6.18 Å². The van der Waals surface area contributed by atoms with Gasteiger partial charge in [-0.05, 0) is 81.8 Å². The maximum Gasteiger partial charge on any atom is 0.416 e. The van der Waals surface area contributed by atoms with Crippen LogP contribution < -0.4 is 11.1 Å². The maximum atomic E-state index is 14.3. The molecular weight excluding hydrogens is 605 g/mol. The lowest BCUT2D eigenvalue weighted by atomic mass is 9.63. The van der Waals surface area contributed by atoms with Gasteiger partial charge in [-0.15, -0.1) is 0 Å². The van der Waals surface area contributed by atoms with Crippen molar-refractivity contribution in [3.05, 3.63) is 94.1 Å². The van der Waals surface area contributed by atoms with E-state index in [0.717, 1.165) is 24.3 Å². The SMILES string of the molecule is CCCN(CCC)C(=O)C1=CC(C)=CC(C(N)=O)([C@H](Cc2cc(F)cc(F)c2)[C@@H](O)CNC(C)(C)c2cccc(C(F)(F)F)c2)C1. The molecule has 4 N–H and O–H groups in total. The molecule has 0 radical (unpaired) electrons. The second-order valence-corrected chi connectivity index (χ2v) is 12.7. The molecule has 46 heavy (non-hydrogen) atoms. The fourth-order valence-electron chi connectivity index (χ4n) is 6.25. The van der Waals surface area contributed by atoms with Gasteiger partial charge in [0.05, 0.1) is 17.1 Å². The van der Waals surface area contributed by atoms with Gasteiger partial charge in [0, 0.05) is 42.7 Å². The Balaban J connectivity index is 2.04. The first-order valence-corrected chi connectivity index (χ1v) is 15.5. The van der Waals surface area contributed by atoms with Gasteiger partial charge in [0.25, 0.3) is 0 Å². The summed E-state index contributed by atoms with van der Waals surface area (Å²) in [4.78, 5) is 28.9. The molecule has 11 heteroatoms. The van der Waals surface area contributed by atoms with E-state index in [2.05, 4.69) is 5.32 Å². The summed E-state index contributed by atoms with van der Waals surface area (Å²) in [5.41, 5.74) is 3.88. The molecule has 252 valence electrons. The molecule has 0 spiro atoms. The van der Waals surface area contributed by atoms with Gasteiger partial charge in [-0.2, -0.15) is 13.2 Å². The fraction of sp³-hybridized carbons (Fsp3) is 0.486. The van der Waals surface area contributed by atoms with Crippen LogP contribution in [0.5, 0.6) is 0 Å². The van der Waals surface area contributed by atoms with Crippen molar-refractivity contribution in [2.45, 2.75) is 78.1 Å². The number of nitrogens with zero attached hydrogens (tertiary/aromatic N) is 1. The number of benzene rings is 2. The Hall–Kier alpha value is -3.57. The van der Waals surface area contributed by atoms with E-state index < -0.39 is 52.3 Å². The summed E-state index contributed by atoms with van der Waals surface area (Å²) in [6.45, 7) is 9.67. The summed E-state index contributed by atoms with van der Waals surface area (Å²) in [6, 6.07) is 7.71. The number of primary amides is 1. The zero-order valence-corrected chi connectivity index (χ0v) is 27.0. The van der Waals surface area contributed by atoms with Crippen molar-refractivity contribution < 1.29 is 36.6 Å². The summed E-state index contributed by atoms with van der Waals surface area (Å²) < 4.78 is 68.9. The summed E-state index contributed by atoms with van der Waals surface area (Å²) >= 11 is 0.